The molecule has 2 unspecified atom stereocenters. The van der Waals surface area contributed by atoms with Crippen LogP contribution in [0, 0.1) is 18.3 Å². The molecule has 0 spiro atoms. The fraction of sp³-hybridized carbons (Fsp3) is 0.647. The monoisotopic (exact) mass is 338 g/mol. The van der Waals surface area contributed by atoms with Crippen LogP contribution in [0.2, 0.25) is 0 Å². The smallest absolute Gasteiger partial charge is 0.122 e. The molecule has 2 nitrogen and oxygen atoms in total. The van der Waals surface area contributed by atoms with Crippen molar-refractivity contribution in [1.82, 2.24) is 0 Å². The molecule has 1 aliphatic carbocycles. The van der Waals surface area contributed by atoms with Gasteiger partial charge >= 0.3 is 0 Å². The van der Waals surface area contributed by atoms with Gasteiger partial charge in [0.2, 0.25) is 0 Å². The van der Waals surface area contributed by atoms with Gasteiger partial charge in [-0.3, -0.25) is 0 Å². The van der Waals surface area contributed by atoms with Gasteiger partial charge in [-0.15, -0.1) is 0 Å². The number of halogens is 1. The zero-order chi connectivity index (χ0) is 14.2. The second-order valence-corrected chi connectivity index (χ2v) is 6.93. The van der Waals surface area contributed by atoms with Crippen LogP contribution in [0.15, 0.2) is 18.2 Å². The Kier molecular flexibility index (Phi) is 4.09. The Labute approximate surface area is 130 Å². The molecule has 20 heavy (non-hydrogen) atoms. The minimum atomic E-state index is 0.238. The van der Waals surface area contributed by atoms with Crippen LogP contribution >= 0.6 is 15.9 Å². The Balaban J connectivity index is 1.89. The lowest BCUT2D eigenvalue weighted by molar-refractivity contribution is 0.0411. The predicted octanol–water partition coefficient (Wildman–Crippen LogP) is 4.13. The molecule has 1 heterocycles. The molecule has 1 aliphatic heterocycles. The molecule has 0 amide bonds. The molecule has 2 atom stereocenters. The Bertz CT molecular complexity index is 484. The average Bonchev–Trinajstić information content (AvgIpc) is 3.21. The van der Waals surface area contributed by atoms with Crippen molar-refractivity contribution in [2.75, 3.05) is 19.0 Å². The highest BCUT2D eigenvalue weighted by Gasteiger charge is 2.50. The van der Waals surface area contributed by atoms with Crippen LogP contribution in [0.3, 0.4) is 0 Å². The van der Waals surface area contributed by atoms with Gasteiger partial charge in [0.25, 0.3) is 0 Å². The minimum absolute atomic E-state index is 0.238. The molecule has 0 aromatic heterocycles. The fourth-order valence-corrected chi connectivity index (χ4v) is 4.34. The summed E-state index contributed by atoms with van der Waals surface area (Å²) in [5, 5.41) is 1.01. The van der Waals surface area contributed by atoms with E-state index in [1.54, 1.807) is 7.11 Å². The van der Waals surface area contributed by atoms with Gasteiger partial charge in [-0.05, 0) is 50.2 Å². The molecular formula is C17H23BrO2. The molecule has 2 aliphatic rings. The topological polar surface area (TPSA) is 18.5 Å². The summed E-state index contributed by atoms with van der Waals surface area (Å²) in [7, 11) is 1.76. The maximum Gasteiger partial charge on any atom is 0.122 e. The molecule has 0 radical (unpaired) electrons. The van der Waals surface area contributed by atoms with E-state index in [-0.39, 0.29) is 5.41 Å². The largest absolute Gasteiger partial charge is 0.496 e. The normalized spacial score (nSPS) is 29.6. The molecule has 0 N–H and O–H groups in total. The standard InChI is InChI=1S/C17H23BrO2/c1-12-3-6-15(19-2)14(9-12)10-17(11-18)7-8-20-16(17)13-4-5-13/h3,6,9,13,16H,4-5,7-8,10-11H2,1-2H3. The third-order valence-corrected chi connectivity index (χ3v) is 5.91. The number of hydrogen-bond acceptors (Lipinski definition) is 2. The van der Waals surface area contributed by atoms with E-state index in [0.717, 1.165) is 36.4 Å². The summed E-state index contributed by atoms with van der Waals surface area (Å²) in [6.07, 6.45) is 5.29. The first-order valence-electron chi connectivity index (χ1n) is 7.49. The number of methoxy groups -OCH3 is 1. The van der Waals surface area contributed by atoms with Gasteiger partial charge in [0.05, 0.1) is 13.2 Å². The third kappa shape index (κ3) is 2.62. The Morgan fingerprint density at radius 3 is 2.85 bits per heavy atom. The van der Waals surface area contributed by atoms with E-state index >= 15 is 0 Å². The van der Waals surface area contributed by atoms with Gasteiger partial charge in [0, 0.05) is 17.4 Å². The fourth-order valence-electron chi connectivity index (χ4n) is 3.55. The number of benzene rings is 1. The number of ether oxygens (including phenoxy) is 2. The SMILES string of the molecule is COc1ccc(C)cc1CC1(CBr)CCOC1C1CC1. The highest BCUT2D eigenvalue weighted by atomic mass is 79.9. The van der Waals surface area contributed by atoms with Crippen LogP contribution in [0.4, 0.5) is 0 Å². The van der Waals surface area contributed by atoms with Crippen LogP contribution in [0.1, 0.15) is 30.4 Å². The Morgan fingerprint density at radius 2 is 2.20 bits per heavy atom. The highest BCUT2D eigenvalue weighted by molar-refractivity contribution is 9.09. The lowest BCUT2D eigenvalue weighted by Gasteiger charge is -2.33. The second kappa shape index (κ2) is 5.69. The summed E-state index contributed by atoms with van der Waals surface area (Å²) in [6, 6.07) is 6.48. The first kappa shape index (κ1) is 14.4. The van der Waals surface area contributed by atoms with Crippen LogP contribution in [0.25, 0.3) is 0 Å². The summed E-state index contributed by atoms with van der Waals surface area (Å²) >= 11 is 3.77. The van der Waals surface area contributed by atoms with Gasteiger partial charge in [-0.25, -0.2) is 0 Å². The van der Waals surface area contributed by atoms with Gasteiger partial charge in [-0.1, -0.05) is 33.6 Å². The van der Waals surface area contributed by atoms with Gasteiger partial charge in [0.15, 0.2) is 0 Å². The van der Waals surface area contributed by atoms with E-state index in [1.165, 1.54) is 24.0 Å². The summed E-state index contributed by atoms with van der Waals surface area (Å²) in [6.45, 7) is 3.05. The zero-order valence-electron chi connectivity index (χ0n) is 12.3. The number of hydrogen-bond donors (Lipinski definition) is 0. The van der Waals surface area contributed by atoms with Crippen molar-refractivity contribution in [3.63, 3.8) is 0 Å². The van der Waals surface area contributed by atoms with Crippen molar-refractivity contribution in [1.29, 1.82) is 0 Å². The van der Waals surface area contributed by atoms with E-state index in [9.17, 15) is 0 Å². The highest BCUT2D eigenvalue weighted by Crippen LogP contribution is 2.50. The Hall–Kier alpha value is -0.540. The van der Waals surface area contributed by atoms with Crippen molar-refractivity contribution < 1.29 is 9.47 Å². The first-order valence-corrected chi connectivity index (χ1v) is 8.62. The van der Waals surface area contributed by atoms with E-state index in [0.29, 0.717) is 6.10 Å². The zero-order valence-corrected chi connectivity index (χ0v) is 13.9. The number of rotatable bonds is 5. The Morgan fingerprint density at radius 1 is 1.40 bits per heavy atom. The van der Waals surface area contributed by atoms with E-state index in [4.69, 9.17) is 9.47 Å². The molecule has 2 fully saturated rings. The molecule has 1 aromatic carbocycles. The van der Waals surface area contributed by atoms with Crippen molar-refractivity contribution in [2.45, 2.75) is 38.7 Å². The number of alkyl halides is 1. The molecule has 3 heteroatoms. The van der Waals surface area contributed by atoms with Crippen LogP contribution in [0.5, 0.6) is 5.75 Å². The molecule has 1 saturated carbocycles. The van der Waals surface area contributed by atoms with E-state index < -0.39 is 0 Å². The van der Waals surface area contributed by atoms with Crippen LogP contribution in [-0.2, 0) is 11.2 Å². The van der Waals surface area contributed by atoms with Crippen molar-refractivity contribution in [3.8, 4) is 5.75 Å². The van der Waals surface area contributed by atoms with E-state index in [1.807, 2.05) is 0 Å². The predicted molar refractivity (Wildman–Crippen MR) is 84.7 cm³/mol. The van der Waals surface area contributed by atoms with Crippen LogP contribution in [-0.4, -0.2) is 25.2 Å². The van der Waals surface area contributed by atoms with Crippen LogP contribution < -0.4 is 4.74 Å². The van der Waals surface area contributed by atoms with E-state index in [2.05, 4.69) is 41.1 Å². The summed E-state index contributed by atoms with van der Waals surface area (Å²) in [5.41, 5.74) is 2.86. The molecule has 110 valence electrons. The molecule has 1 saturated heterocycles. The maximum absolute atomic E-state index is 6.09. The lowest BCUT2D eigenvalue weighted by Crippen LogP contribution is -2.36. The summed E-state index contributed by atoms with van der Waals surface area (Å²) in [4.78, 5) is 0. The van der Waals surface area contributed by atoms with Crippen molar-refractivity contribution >= 4 is 15.9 Å². The van der Waals surface area contributed by atoms with Crippen molar-refractivity contribution in [3.05, 3.63) is 29.3 Å². The molecule has 0 bridgehead atoms. The summed E-state index contributed by atoms with van der Waals surface area (Å²) < 4.78 is 11.6. The number of aryl methyl sites for hydroxylation is 1. The summed E-state index contributed by atoms with van der Waals surface area (Å²) in [5.74, 6) is 1.79. The third-order valence-electron chi connectivity index (χ3n) is 4.80. The van der Waals surface area contributed by atoms with Gasteiger partial charge < -0.3 is 9.47 Å². The van der Waals surface area contributed by atoms with Gasteiger partial charge in [-0.2, -0.15) is 0 Å². The lowest BCUT2D eigenvalue weighted by atomic mass is 9.75. The average molecular weight is 339 g/mol. The second-order valence-electron chi connectivity index (χ2n) is 6.37. The van der Waals surface area contributed by atoms with Gasteiger partial charge in [0.1, 0.15) is 5.75 Å². The molecule has 1 aromatic rings. The quantitative estimate of drug-likeness (QED) is 0.751. The molecule has 3 rings (SSSR count). The first-order chi connectivity index (χ1) is 9.68. The maximum atomic E-state index is 6.09. The van der Waals surface area contributed by atoms with Crippen molar-refractivity contribution in [2.24, 2.45) is 11.3 Å². The molecular weight excluding hydrogens is 316 g/mol. The minimum Gasteiger partial charge on any atom is -0.496 e.